The van der Waals surface area contributed by atoms with E-state index in [0.717, 1.165) is 22.1 Å². The first-order valence-electron chi connectivity index (χ1n) is 9.37. The van der Waals surface area contributed by atoms with Gasteiger partial charge in [-0.2, -0.15) is 11.8 Å². The second kappa shape index (κ2) is 10.9. The first-order valence-corrected chi connectivity index (χ1v) is 12.8. The summed E-state index contributed by atoms with van der Waals surface area (Å²) in [6, 6.07) is 12.0. The summed E-state index contributed by atoms with van der Waals surface area (Å²) >= 11 is 7.84. The highest BCUT2D eigenvalue weighted by atomic mass is 35.5. The van der Waals surface area contributed by atoms with Crippen molar-refractivity contribution in [3.63, 3.8) is 0 Å². The zero-order valence-corrected chi connectivity index (χ0v) is 19.9. The number of thioether (sulfide) groups is 1. The molecule has 0 aromatic heterocycles. The molecule has 0 unspecified atom stereocenters. The summed E-state index contributed by atoms with van der Waals surface area (Å²) in [7, 11) is -2.23. The zero-order valence-electron chi connectivity index (χ0n) is 17.5. The number of hydrogen-bond acceptors (Lipinski definition) is 5. The highest BCUT2D eigenvalue weighted by molar-refractivity contribution is 7.98. The molecule has 30 heavy (non-hydrogen) atoms. The third-order valence-corrected chi connectivity index (χ3v) is 6.94. The van der Waals surface area contributed by atoms with E-state index in [1.165, 1.54) is 24.3 Å². The van der Waals surface area contributed by atoms with Crippen molar-refractivity contribution < 1.29 is 17.9 Å². The van der Waals surface area contributed by atoms with Gasteiger partial charge in [-0.1, -0.05) is 41.4 Å². The van der Waals surface area contributed by atoms with Crippen molar-refractivity contribution in [2.75, 3.05) is 30.0 Å². The van der Waals surface area contributed by atoms with E-state index in [1.54, 1.807) is 30.8 Å². The number of hydrogen-bond donors (Lipinski definition) is 1. The van der Waals surface area contributed by atoms with E-state index in [4.69, 9.17) is 16.3 Å². The average molecular weight is 471 g/mol. The number of anilines is 1. The zero-order chi connectivity index (χ0) is 22.3. The van der Waals surface area contributed by atoms with Gasteiger partial charge in [-0.05, 0) is 37.6 Å². The van der Waals surface area contributed by atoms with E-state index < -0.39 is 16.1 Å². The van der Waals surface area contributed by atoms with E-state index >= 15 is 0 Å². The maximum absolute atomic E-state index is 12.6. The lowest BCUT2D eigenvalue weighted by atomic mass is 10.2. The lowest BCUT2D eigenvalue weighted by molar-refractivity contribution is -0.121. The van der Waals surface area contributed by atoms with Crippen LogP contribution in [-0.4, -0.2) is 46.0 Å². The second-order valence-corrected chi connectivity index (χ2v) is 10.3. The number of rotatable bonds is 10. The molecule has 2 rings (SSSR count). The molecule has 6 nitrogen and oxygen atoms in total. The van der Waals surface area contributed by atoms with Crippen LogP contribution >= 0.6 is 23.4 Å². The number of ether oxygens (including phenoxy) is 1. The van der Waals surface area contributed by atoms with E-state index in [2.05, 4.69) is 30.4 Å². The monoisotopic (exact) mass is 470 g/mol. The number of carbonyl (C=O) groups is 1. The molecule has 2 aromatic rings. The molecule has 0 bridgehead atoms. The highest BCUT2D eigenvalue weighted by Crippen LogP contribution is 2.31. The quantitative estimate of drug-likeness (QED) is 0.533. The lowest BCUT2D eigenvalue weighted by Crippen LogP contribution is -2.48. The third kappa shape index (κ3) is 6.82. The molecule has 164 valence electrons. The number of nitrogens with one attached hydrogen (secondary N) is 1. The predicted octanol–water partition coefficient (Wildman–Crippen LogP) is 3.86. The molecule has 1 amide bonds. The summed E-state index contributed by atoms with van der Waals surface area (Å²) in [5.41, 5.74) is 2.76. The normalized spacial score (nSPS) is 12.3. The first kappa shape index (κ1) is 24.4. The SMILES string of the molecule is COc1ccc(N([C@H](C)C(=O)NCCSCc2cccc(C)c2)S(C)(=O)=O)cc1Cl. The van der Waals surface area contributed by atoms with E-state index in [0.29, 0.717) is 18.0 Å². The van der Waals surface area contributed by atoms with Gasteiger partial charge in [0.15, 0.2) is 0 Å². The van der Waals surface area contributed by atoms with E-state index in [-0.39, 0.29) is 10.9 Å². The Morgan fingerprint density at radius 2 is 2.00 bits per heavy atom. The predicted molar refractivity (Wildman–Crippen MR) is 125 cm³/mol. The van der Waals surface area contributed by atoms with E-state index in [1.807, 2.05) is 6.07 Å². The van der Waals surface area contributed by atoms with Crippen molar-refractivity contribution in [1.82, 2.24) is 5.32 Å². The van der Waals surface area contributed by atoms with Crippen LogP contribution < -0.4 is 14.4 Å². The Hall–Kier alpha value is -1.90. The second-order valence-electron chi connectivity index (χ2n) is 6.89. The van der Waals surface area contributed by atoms with Crippen LogP contribution in [0.25, 0.3) is 0 Å². The van der Waals surface area contributed by atoms with Crippen LogP contribution in [-0.2, 0) is 20.6 Å². The van der Waals surface area contributed by atoms with Crippen molar-refractivity contribution in [3.05, 3.63) is 58.6 Å². The van der Waals surface area contributed by atoms with Gasteiger partial charge in [0.25, 0.3) is 0 Å². The number of methoxy groups -OCH3 is 1. The Bertz CT molecular complexity index is 983. The van der Waals surface area contributed by atoms with Gasteiger partial charge in [0.1, 0.15) is 11.8 Å². The van der Waals surface area contributed by atoms with Crippen LogP contribution in [0.2, 0.25) is 5.02 Å². The number of carbonyl (C=O) groups excluding carboxylic acids is 1. The molecule has 0 saturated heterocycles. The van der Waals surface area contributed by atoms with Crippen LogP contribution in [0.1, 0.15) is 18.1 Å². The molecule has 1 N–H and O–H groups in total. The van der Waals surface area contributed by atoms with E-state index in [9.17, 15) is 13.2 Å². The molecule has 0 heterocycles. The van der Waals surface area contributed by atoms with Crippen LogP contribution in [0.4, 0.5) is 5.69 Å². The molecular weight excluding hydrogens is 444 g/mol. The standard InChI is InChI=1S/C21H27ClN2O4S2/c1-15-6-5-7-17(12-15)14-29-11-10-23-21(25)16(2)24(30(4,26)27)18-8-9-20(28-3)19(22)13-18/h5-9,12-13,16H,10-11,14H2,1-4H3,(H,23,25)/t16-/m1/s1. The average Bonchev–Trinajstić information content (AvgIpc) is 2.66. The van der Waals surface area contributed by atoms with Gasteiger partial charge >= 0.3 is 0 Å². The number of nitrogens with zero attached hydrogens (tertiary/aromatic N) is 1. The Kier molecular flexibility index (Phi) is 8.88. The molecule has 0 spiro atoms. The molecule has 2 aromatic carbocycles. The van der Waals surface area contributed by atoms with Crippen LogP contribution in [0.5, 0.6) is 5.75 Å². The summed E-state index contributed by atoms with van der Waals surface area (Å²) in [5, 5.41) is 3.08. The van der Waals surface area contributed by atoms with Gasteiger partial charge < -0.3 is 10.1 Å². The number of sulfonamides is 1. The van der Waals surface area contributed by atoms with Crippen LogP contribution in [0.15, 0.2) is 42.5 Å². The summed E-state index contributed by atoms with van der Waals surface area (Å²) < 4.78 is 30.9. The maximum Gasteiger partial charge on any atom is 0.243 e. The molecule has 0 aliphatic heterocycles. The van der Waals surface area contributed by atoms with Crippen molar-refractivity contribution in [2.45, 2.75) is 25.6 Å². The minimum Gasteiger partial charge on any atom is -0.495 e. The lowest BCUT2D eigenvalue weighted by Gasteiger charge is -2.28. The number of halogens is 1. The number of aryl methyl sites for hydroxylation is 1. The Morgan fingerprint density at radius 1 is 1.27 bits per heavy atom. The Labute approximate surface area is 188 Å². The largest absolute Gasteiger partial charge is 0.495 e. The fourth-order valence-electron chi connectivity index (χ4n) is 2.99. The van der Waals surface area contributed by atoms with Crippen LogP contribution in [0, 0.1) is 6.92 Å². The highest BCUT2D eigenvalue weighted by Gasteiger charge is 2.29. The van der Waals surface area contributed by atoms with Gasteiger partial charge in [0.2, 0.25) is 15.9 Å². The first-order chi connectivity index (χ1) is 14.1. The fraction of sp³-hybridized carbons (Fsp3) is 0.381. The summed E-state index contributed by atoms with van der Waals surface area (Å²) in [4.78, 5) is 12.6. The van der Waals surface area contributed by atoms with Gasteiger partial charge in [-0.3, -0.25) is 9.10 Å². The molecule has 0 aliphatic carbocycles. The van der Waals surface area contributed by atoms with Crippen molar-refractivity contribution in [2.24, 2.45) is 0 Å². The Balaban J connectivity index is 1.96. The molecule has 1 atom stereocenters. The maximum atomic E-state index is 12.6. The van der Waals surface area contributed by atoms with Gasteiger partial charge in [-0.25, -0.2) is 8.42 Å². The van der Waals surface area contributed by atoms with Gasteiger partial charge in [0.05, 0.1) is 24.1 Å². The van der Waals surface area contributed by atoms with Gasteiger partial charge in [0, 0.05) is 18.1 Å². The van der Waals surface area contributed by atoms with Crippen molar-refractivity contribution >= 4 is 45.0 Å². The summed E-state index contributed by atoms with van der Waals surface area (Å²) in [5.74, 6) is 1.63. The van der Waals surface area contributed by atoms with Crippen molar-refractivity contribution in [1.29, 1.82) is 0 Å². The van der Waals surface area contributed by atoms with Crippen LogP contribution in [0.3, 0.4) is 0 Å². The molecule has 0 radical (unpaired) electrons. The number of amides is 1. The molecule has 9 heteroatoms. The molecule has 0 aliphatic rings. The summed E-state index contributed by atoms with van der Waals surface area (Å²) in [6.45, 7) is 4.05. The number of benzene rings is 2. The minimum absolute atomic E-state index is 0.267. The van der Waals surface area contributed by atoms with Gasteiger partial charge in [-0.15, -0.1) is 0 Å². The molecule has 0 saturated carbocycles. The smallest absolute Gasteiger partial charge is 0.243 e. The molecule has 0 fully saturated rings. The molecular formula is C21H27ClN2O4S2. The summed E-state index contributed by atoms with van der Waals surface area (Å²) in [6.07, 6.45) is 1.06. The van der Waals surface area contributed by atoms with Crippen molar-refractivity contribution in [3.8, 4) is 5.75 Å². The third-order valence-electron chi connectivity index (χ3n) is 4.38. The Morgan fingerprint density at radius 3 is 2.60 bits per heavy atom. The topological polar surface area (TPSA) is 75.7 Å². The fourth-order valence-corrected chi connectivity index (χ4v) is 5.21. The minimum atomic E-state index is -3.71.